The van der Waals surface area contributed by atoms with Crippen molar-refractivity contribution in [1.82, 2.24) is 14.5 Å². The molecule has 10 heteroatoms. The second-order valence-corrected chi connectivity index (χ2v) is 8.15. The molecule has 0 unspecified atom stereocenters. The first-order chi connectivity index (χ1) is 13.0. The summed E-state index contributed by atoms with van der Waals surface area (Å²) in [7, 11) is -3.80. The smallest absolute Gasteiger partial charge is 0.262 e. The van der Waals surface area contributed by atoms with Gasteiger partial charge in [-0.25, -0.2) is 13.1 Å². The molecule has 1 aromatic heterocycles. The van der Waals surface area contributed by atoms with Gasteiger partial charge in [-0.3, -0.25) is 9.48 Å². The summed E-state index contributed by atoms with van der Waals surface area (Å²) < 4.78 is 41.2. The first-order valence-electron chi connectivity index (χ1n) is 8.69. The standard InChI is InChI=1S/C17H20N4O5S/c1-2-21-9-11(8-18-21)17-13(5-6-25-17)20-27(23,24)12-3-4-15-14(7-12)19-16(22)10-26-15/h3-4,7-9,13,17,20H,2,5-6,10H2,1H3,(H,19,22)/t13-,17+/m0/s1. The largest absolute Gasteiger partial charge is 0.482 e. The highest BCUT2D eigenvalue weighted by Crippen LogP contribution is 2.32. The van der Waals surface area contributed by atoms with Crippen LogP contribution in [0.15, 0.2) is 35.5 Å². The Morgan fingerprint density at radius 1 is 1.41 bits per heavy atom. The summed E-state index contributed by atoms with van der Waals surface area (Å²) in [4.78, 5) is 11.5. The predicted molar refractivity (Wildman–Crippen MR) is 95.9 cm³/mol. The van der Waals surface area contributed by atoms with Crippen LogP contribution in [0.1, 0.15) is 25.0 Å². The molecule has 2 aliphatic rings. The lowest BCUT2D eigenvalue weighted by atomic mass is 10.1. The lowest BCUT2D eigenvalue weighted by Crippen LogP contribution is -2.36. The summed E-state index contributed by atoms with van der Waals surface area (Å²) in [6.45, 7) is 3.09. The number of amides is 1. The van der Waals surface area contributed by atoms with Crippen LogP contribution in [0.5, 0.6) is 5.75 Å². The summed E-state index contributed by atoms with van der Waals surface area (Å²) in [6, 6.07) is 4.00. The monoisotopic (exact) mass is 392 g/mol. The molecule has 4 rings (SSSR count). The average molecular weight is 392 g/mol. The van der Waals surface area contributed by atoms with Crippen LogP contribution in [-0.2, 0) is 26.1 Å². The Morgan fingerprint density at radius 3 is 3.04 bits per heavy atom. The van der Waals surface area contributed by atoms with Crippen molar-refractivity contribution >= 4 is 21.6 Å². The van der Waals surface area contributed by atoms with Crippen molar-refractivity contribution in [1.29, 1.82) is 0 Å². The Bertz CT molecular complexity index is 971. The van der Waals surface area contributed by atoms with Crippen molar-refractivity contribution in [3.05, 3.63) is 36.2 Å². The molecule has 1 fully saturated rings. The van der Waals surface area contributed by atoms with Crippen LogP contribution in [0.25, 0.3) is 0 Å². The van der Waals surface area contributed by atoms with Gasteiger partial charge in [0.1, 0.15) is 11.9 Å². The maximum atomic E-state index is 12.9. The van der Waals surface area contributed by atoms with Crippen LogP contribution >= 0.6 is 0 Å². The van der Waals surface area contributed by atoms with E-state index in [0.717, 1.165) is 12.1 Å². The molecule has 0 aliphatic carbocycles. The number of nitrogens with zero attached hydrogens (tertiary/aromatic N) is 2. The molecule has 2 atom stereocenters. The molecule has 2 aliphatic heterocycles. The van der Waals surface area contributed by atoms with Gasteiger partial charge in [-0.1, -0.05) is 0 Å². The van der Waals surface area contributed by atoms with Gasteiger partial charge in [0.2, 0.25) is 10.0 Å². The first-order valence-corrected chi connectivity index (χ1v) is 10.2. The average Bonchev–Trinajstić information content (AvgIpc) is 3.29. The fraction of sp³-hybridized carbons (Fsp3) is 0.412. The molecule has 27 heavy (non-hydrogen) atoms. The van der Waals surface area contributed by atoms with E-state index in [1.54, 1.807) is 10.9 Å². The highest BCUT2D eigenvalue weighted by Gasteiger charge is 2.34. The van der Waals surface area contributed by atoms with E-state index in [4.69, 9.17) is 9.47 Å². The Hall–Kier alpha value is -2.43. The summed E-state index contributed by atoms with van der Waals surface area (Å²) in [5.41, 5.74) is 1.19. The fourth-order valence-corrected chi connectivity index (χ4v) is 4.53. The summed E-state index contributed by atoms with van der Waals surface area (Å²) in [5, 5.41) is 6.85. The van der Waals surface area contributed by atoms with Crippen molar-refractivity contribution in [2.24, 2.45) is 0 Å². The molecule has 1 saturated heterocycles. The minimum absolute atomic E-state index is 0.0574. The number of anilines is 1. The Labute approximate surface area is 156 Å². The Morgan fingerprint density at radius 2 is 2.26 bits per heavy atom. The normalized spacial score (nSPS) is 22.2. The maximum absolute atomic E-state index is 12.9. The van der Waals surface area contributed by atoms with Crippen LogP contribution in [0, 0.1) is 0 Å². The van der Waals surface area contributed by atoms with Crippen LogP contribution in [0.3, 0.4) is 0 Å². The molecule has 0 radical (unpaired) electrons. The molecule has 0 spiro atoms. The van der Waals surface area contributed by atoms with Gasteiger partial charge < -0.3 is 14.8 Å². The van der Waals surface area contributed by atoms with Crippen LogP contribution in [0.4, 0.5) is 5.69 Å². The number of aryl methyl sites for hydroxylation is 1. The Kier molecular flexibility index (Phi) is 4.62. The number of benzene rings is 1. The quantitative estimate of drug-likeness (QED) is 0.787. The molecular weight excluding hydrogens is 372 g/mol. The highest BCUT2D eigenvalue weighted by molar-refractivity contribution is 7.89. The molecule has 1 aromatic carbocycles. The van der Waals surface area contributed by atoms with E-state index in [1.807, 2.05) is 13.1 Å². The number of fused-ring (bicyclic) bond motifs is 1. The number of ether oxygens (including phenoxy) is 2. The molecule has 0 saturated carbocycles. The van der Waals surface area contributed by atoms with E-state index >= 15 is 0 Å². The molecule has 3 heterocycles. The molecule has 2 aromatic rings. The number of hydrogen-bond donors (Lipinski definition) is 2. The molecule has 2 N–H and O–H groups in total. The number of hydrogen-bond acceptors (Lipinski definition) is 6. The van der Waals surface area contributed by atoms with Gasteiger partial charge in [0.15, 0.2) is 6.61 Å². The highest BCUT2D eigenvalue weighted by atomic mass is 32.2. The summed E-state index contributed by atoms with van der Waals surface area (Å²) in [5.74, 6) is 0.129. The third kappa shape index (κ3) is 3.55. The molecule has 1 amide bonds. The number of carbonyl (C=O) groups excluding carboxylic acids is 1. The lowest BCUT2D eigenvalue weighted by Gasteiger charge is -2.21. The Balaban J connectivity index is 1.55. The van der Waals surface area contributed by atoms with E-state index < -0.39 is 16.1 Å². The van der Waals surface area contributed by atoms with Crippen molar-refractivity contribution in [2.75, 3.05) is 18.5 Å². The van der Waals surface area contributed by atoms with E-state index in [-0.39, 0.29) is 23.5 Å². The van der Waals surface area contributed by atoms with Crippen LogP contribution < -0.4 is 14.8 Å². The minimum Gasteiger partial charge on any atom is -0.482 e. The van der Waals surface area contributed by atoms with E-state index in [2.05, 4.69) is 15.1 Å². The maximum Gasteiger partial charge on any atom is 0.262 e. The van der Waals surface area contributed by atoms with Gasteiger partial charge in [0.05, 0.1) is 22.8 Å². The van der Waals surface area contributed by atoms with Gasteiger partial charge in [0, 0.05) is 24.9 Å². The number of rotatable bonds is 5. The topological polar surface area (TPSA) is 112 Å². The molecule has 144 valence electrons. The number of carbonyl (C=O) groups is 1. The lowest BCUT2D eigenvalue weighted by molar-refractivity contribution is -0.118. The number of aromatic nitrogens is 2. The van der Waals surface area contributed by atoms with E-state index in [9.17, 15) is 13.2 Å². The SMILES string of the molecule is CCn1cc([C@H]2OCC[C@@H]2NS(=O)(=O)c2ccc3c(c2)NC(=O)CO3)cn1. The summed E-state index contributed by atoms with van der Waals surface area (Å²) >= 11 is 0. The molecule has 0 bridgehead atoms. The van der Waals surface area contributed by atoms with Crippen LogP contribution in [0.2, 0.25) is 0 Å². The zero-order chi connectivity index (χ0) is 19.0. The zero-order valence-electron chi connectivity index (χ0n) is 14.7. The van der Waals surface area contributed by atoms with Gasteiger partial charge in [-0.15, -0.1) is 0 Å². The van der Waals surface area contributed by atoms with Crippen molar-refractivity contribution in [3.8, 4) is 5.75 Å². The third-order valence-corrected chi connectivity index (χ3v) is 6.09. The second kappa shape index (κ2) is 6.95. The molecular formula is C17H20N4O5S. The zero-order valence-corrected chi connectivity index (χ0v) is 15.5. The van der Waals surface area contributed by atoms with E-state index in [0.29, 0.717) is 24.5 Å². The second-order valence-electron chi connectivity index (χ2n) is 6.43. The van der Waals surface area contributed by atoms with Crippen molar-refractivity contribution < 1.29 is 22.7 Å². The number of sulfonamides is 1. The van der Waals surface area contributed by atoms with Crippen LogP contribution in [-0.4, -0.2) is 43.4 Å². The third-order valence-electron chi connectivity index (χ3n) is 4.60. The van der Waals surface area contributed by atoms with Crippen molar-refractivity contribution in [2.45, 2.75) is 36.9 Å². The minimum atomic E-state index is -3.80. The summed E-state index contributed by atoms with van der Waals surface area (Å²) in [6.07, 6.45) is 3.74. The van der Waals surface area contributed by atoms with Gasteiger partial charge in [-0.2, -0.15) is 5.10 Å². The predicted octanol–water partition coefficient (Wildman–Crippen LogP) is 1.04. The first kappa shape index (κ1) is 18.0. The fourth-order valence-electron chi connectivity index (χ4n) is 3.23. The molecule has 9 nitrogen and oxygen atoms in total. The van der Waals surface area contributed by atoms with Gasteiger partial charge in [0.25, 0.3) is 5.91 Å². The van der Waals surface area contributed by atoms with Gasteiger partial charge in [-0.05, 0) is 31.5 Å². The number of nitrogens with one attached hydrogen (secondary N) is 2. The van der Waals surface area contributed by atoms with Gasteiger partial charge >= 0.3 is 0 Å². The van der Waals surface area contributed by atoms with Crippen molar-refractivity contribution in [3.63, 3.8) is 0 Å². The van der Waals surface area contributed by atoms with E-state index in [1.165, 1.54) is 18.2 Å².